The predicted octanol–water partition coefficient (Wildman–Crippen LogP) is 0.0425. The maximum absolute atomic E-state index is 13.6. The van der Waals surface area contributed by atoms with Crippen LogP contribution in [0.5, 0.6) is 5.75 Å². The summed E-state index contributed by atoms with van der Waals surface area (Å²) >= 11 is 0. The Kier molecular flexibility index (Phi) is 6.09. The van der Waals surface area contributed by atoms with Crippen molar-refractivity contribution in [2.45, 2.75) is 24.9 Å². The highest BCUT2D eigenvalue weighted by molar-refractivity contribution is 6.22. The van der Waals surface area contributed by atoms with E-state index in [4.69, 9.17) is 10.8 Å². The maximum Gasteiger partial charge on any atom is 0.255 e. The Morgan fingerprint density at radius 2 is 1.92 bits per heavy atom. The zero-order chi connectivity index (χ0) is 26.7. The minimum absolute atomic E-state index is 0.0183. The topological polar surface area (TPSA) is 194 Å². The smallest absolute Gasteiger partial charge is 0.255 e. The van der Waals surface area contributed by atoms with Gasteiger partial charge in [-0.05, 0) is 30.4 Å². The van der Waals surface area contributed by atoms with Crippen molar-refractivity contribution in [1.29, 1.82) is 0 Å². The lowest BCUT2D eigenvalue weighted by atomic mass is 9.59. The number of hydrogen-bond donors (Lipinski definition) is 7. The second kappa shape index (κ2) is 8.68. The van der Waals surface area contributed by atoms with E-state index in [0.29, 0.717) is 11.3 Å². The average Bonchev–Trinajstić information content (AvgIpc) is 2.79. The number of anilines is 1. The van der Waals surface area contributed by atoms with Crippen LogP contribution in [0.2, 0.25) is 0 Å². The molecule has 3 atom stereocenters. The van der Waals surface area contributed by atoms with Crippen molar-refractivity contribution in [3.05, 3.63) is 46.2 Å². The Bertz CT molecular complexity index is 1280. The third kappa shape index (κ3) is 3.46. The Morgan fingerprint density at radius 3 is 2.50 bits per heavy atom. The number of hydrogen-bond acceptors (Lipinski definition) is 10. The molecule has 0 spiro atoms. The molecule has 36 heavy (non-hydrogen) atoms. The number of aliphatic hydroxyl groups excluding tert-OH is 3. The molecule has 11 nitrogen and oxygen atoms in total. The molecule has 192 valence electrons. The summed E-state index contributed by atoms with van der Waals surface area (Å²) in [6.07, 6.45) is -0.113. The molecule has 0 saturated heterocycles. The van der Waals surface area contributed by atoms with Crippen molar-refractivity contribution in [2.75, 3.05) is 32.1 Å². The van der Waals surface area contributed by atoms with Crippen molar-refractivity contribution in [2.24, 2.45) is 17.6 Å². The number of phenols is 1. The van der Waals surface area contributed by atoms with E-state index < -0.39 is 52.0 Å². The number of Topliss-reactive ketones (excluding diaryl/α,β-unsaturated/α-hetero) is 2. The molecule has 1 fully saturated rings. The molecule has 1 aromatic rings. The SMILES string of the molecule is C=C(NCCO)c1cc(N(C)C)c2c(c1O)C(O)=C1C(=O)[C@]3(O)C(O)=C(C(N)=O)C(=O)C[C@@H]3CC1C2. The lowest BCUT2D eigenvalue weighted by Crippen LogP contribution is -2.58. The Hall–Kier alpha value is -3.83. The van der Waals surface area contributed by atoms with Gasteiger partial charge in [-0.3, -0.25) is 14.4 Å². The number of ketones is 2. The summed E-state index contributed by atoms with van der Waals surface area (Å²) in [6.45, 7) is 3.87. The fraction of sp³-hybridized carbons (Fsp3) is 0.400. The molecule has 0 aliphatic heterocycles. The summed E-state index contributed by atoms with van der Waals surface area (Å²) in [6, 6.07) is 1.68. The number of nitrogens with two attached hydrogens (primary N) is 1. The quantitative estimate of drug-likeness (QED) is 0.263. The number of nitrogens with one attached hydrogen (secondary N) is 1. The molecule has 0 bridgehead atoms. The van der Waals surface area contributed by atoms with Gasteiger partial charge < -0.3 is 41.5 Å². The summed E-state index contributed by atoms with van der Waals surface area (Å²) in [5.41, 5.74) is 3.25. The van der Waals surface area contributed by atoms with Gasteiger partial charge in [-0.15, -0.1) is 0 Å². The lowest BCUT2D eigenvalue weighted by Gasteiger charge is -2.46. The summed E-state index contributed by atoms with van der Waals surface area (Å²) in [7, 11) is 3.55. The van der Waals surface area contributed by atoms with Crippen LogP contribution in [0.15, 0.2) is 29.6 Å². The van der Waals surface area contributed by atoms with Crippen molar-refractivity contribution < 1.29 is 39.9 Å². The number of phenolic OH excluding ortho intramolecular Hbond substituents is 1. The number of nitrogens with zero attached hydrogens (tertiary/aromatic N) is 1. The number of primary amides is 1. The Balaban J connectivity index is 1.94. The molecular weight excluding hydrogens is 470 g/mol. The predicted molar refractivity (Wildman–Crippen MR) is 130 cm³/mol. The monoisotopic (exact) mass is 499 g/mol. The summed E-state index contributed by atoms with van der Waals surface area (Å²) < 4.78 is 0. The Labute approximate surface area is 206 Å². The third-order valence-corrected chi connectivity index (χ3v) is 7.30. The molecule has 8 N–H and O–H groups in total. The van der Waals surface area contributed by atoms with Gasteiger partial charge in [-0.1, -0.05) is 6.58 Å². The van der Waals surface area contributed by atoms with E-state index >= 15 is 0 Å². The van der Waals surface area contributed by atoms with Crippen LogP contribution < -0.4 is 16.0 Å². The second-order valence-electron chi connectivity index (χ2n) is 9.58. The fourth-order valence-electron chi connectivity index (χ4n) is 5.60. The normalized spacial score (nSPS) is 25.2. The van der Waals surface area contributed by atoms with E-state index in [9.17, 15) is 34.8 Å². The van der Waals surface area contributed by atoms with E-state index in [1.54, 1.807) is 25.1 Å². The number of carbonyl (C=O) groups is 3. The zero-order valence-corrected chi connectivity index (χ0v) is 20.0. The van der Waals surface area contributed by atoms with Gasteiger partial charge in [0.05, 0.1) is 12.2 Å². The summed E-state index contributed by atoms with van der Waals surface area (Å²) in [4.78, 5) is 39.6. The highest BCUT2D eigenvalue weighted by Gasteiger charge is 2.60. The van der Waals surface area contributed by atoms with Gasteiger partial charge in [0, 0.05) is 55.5 Å². The van der Waals surface area contributed by atoms with Crippen LogP contribution in [0.1, 0.15) is 29.5 Å². The molecule has 1 amide bonds. The highest BCUT2D eigenvalue weighted by Crippen LogP contribution is 2.53. The van der Waals surface area contributed by atoms with E-state index in [1.807, 2.05) is 0 Å². The van der Waals surface area contributed by atoms with Gasteiger partial charge in [0.1, 0.15) is 22.8 Å². The molecule has 4 rings (SSSR count). The molecule has 11 heteroatoms. The van der Waals surface area contributed by atoms with E-state index in [-0.39, 0.29) is 60.6 Å². The molecular formula is C25H29N3O8. The van der Waals surface area contributed by atoms with Crippen LogP contribution in [0.4, 0.5) is 5.69 Å². The van der Waals surface area contributed by atoms with Gasteiger partial charge in [0.15, 0.2) is 11.4 Å². The number of benzene rings is 1. The van der Waals surface area contributed by atoms with Crippen LogP contribution in [0, 0.1) is 11.8 Å². The number of aliphatic hydroxyl groups is 4. The molecule has 1 unspecified atom stereocenters. The molecule has 1 aromatic carbocycles. The lowest BCUT2D eigenvalue weighted by molar-refractivity contribution is -0.147. The first kappa shape index (κ1) is 25.3. The first-order valence-electron chi connectivity index (χ1n) is 11.4. The van der Waals surface area contributed by atoms with Crippen LogP contribution in [0.3, 0.4) is 0 Å². The second-order valence-corrected chi connectivity index (χ2v) is 9.58. The molecule has 0 heterocycles. The van der Waals surface area contributed by atoms with Crippen LogP contribution in [0.25, 0.3) is 11.5 Å². The number of carbonyl (C=O) groups excluding carboxylic acids is 3. The van der Waals surface area contributed by atoms with Gasteiger partial charge in [0.25, 0.3) is 5.91 Å². The maximum atomic E-state index is 13.6. The summed E-state index contributed by atoms with van der Waals surface area (Å²) in [5, 5.41) is 56.5. The van der Waals surface area contributed by atoms with E-state index in [0.717, 1.165) is 0 Å². The zero-order valence-electron chi connectivity index (χ0n) is 20.0. The van der Waals surface area contributed by atoms with Crippen LogP contribution in [-0.4, -0.2) is 75.9 Å². The fourth-order valence-corrected chi connectivity index (χ4v) is 5.60. The number of amides is 1. The molecule has 3 aliphatic carbocycles. The van der Waals surface area contributed by atoms with Crippen molar-refractivity contribution in [3.63, 3.8) is 0 Å². The molecule has 0 radical (unpaired) electrons. The van der Waals surface area contributed by atoms with Gasteiger partial charge in [-0.25, -0.2) is 0 Å². The molecule has 0 aromatic heterocycles. The van der Waals surface area contributed by atoms with E-state index in [2.05, 4.69) is 11.9 Å². The first-order chi connectivity index (χ1) is 16.9. The molecule has 1 saturated carbocycles. The minimum Gasteiger partial charge on any atom is -0.508 e. The van der Waals surface area contributed by atoms with Crippen LogP contribution >= 0.6 is 0 Å². The summed E-state index contributed by atoms with van der Waals surface area (Å²) in [5.74, 6) is -6.76. The van der Waals surface area contributed by atoms with Gasteiger partial charge in [-0.2, -0.15) is 0 Å². The number of rotatable bonds is 6. The number of fused-ring (bicyclic) bond motifs is 3. The number of aromatic hydroxyl groups is 1. The average molecular weight is 500 g/mol. The molecule has 3 aliphatic rings. The Morgan fingerprint density at radius 1 is 1.25 bits per heavy atom. The van der Waals surface area contributed by atoms with Crippen molar-refractivity contribution in [3.8, 4) is 5.75 Å². The van der Waals surface area contributed by atoms with Crippen LogP contribution in [-0.2, 0) is 20.8 Å². The van der Waals surface area contributed by atoms with Gasteiger partial charge in [0.2, 0.25) is 5.78 Å². The first-order valence-corrected chi connectivity index (χ1v) is 11.4. The standard InChI is InChI=1S/C25H29N3O8/c1-10(27-4-5-29)13-9-15(28(2)3)14-7-11-6-12-8-16(30)19(24(26)35)23(34)25(12,36)22(33)17(11)21(32)18(14)20(13)31/h9,11-12,27,29,31-32,34,36H,1,4-8H2,2-3H3,(H2,26,35)/t11?,12-,25-/m0/s1. The van der Waals surface area contributed by atoms with Gasteiger partial charge >= 0.3 is 0 Å². The third-order valence-electron chi connectivity index (χ3n) is 7.30. The minimum atomic E-state index is -2.61. The van der Waals surface area contributed by atoms with E-state index in [1.165, 1.54) is 0 Å². The largest absolute Gasteiger partial charge is 0.508 e. The van der Waals surface area contributed by atoms with Crippen molar-refractivity contribution >= 4 is 34.6 Å². The van der Waals surface area contributed by atoms with Crippen molar-refractivity contribution in [1.82, 2.24) is 5.32 Å². The highest BCUT2D eigenvalue weighted by atomic mass is 16.3.